The molecule has 1 aliphatic carbocycles. The van der Waals surface area contributed by atoms with Crippen LogP contribution in [0.1, 0.15) is 24.0 Å². The second-order valence-electron chi connectivity index (χ2n) is 6.15. The number of benzene rings is 1. The van der Waals surface area contributed by atoms with Crippen LogP contribution in [0.2, 0.25) is 0 Å². The fourth-order valence-corrected chi connectivity index (χ4v) is 5.32. The first-order chi connectivity index (χ1) is 9.64. The van der Waals surface area contributed by atoms with E-state index in [0.717, 1.165) is 19.4 Å². The van der Waals surface area contributed by atoms with Gasteiger partial charge in [0.1, 0.15) is 0 Å². The standard InChI is InChI=1S/C16H23BrN2S/c1-19(15-5-7-20-10-15)16(11-18)6-4-12-8-14(17)3-2-13(12)9-16/h2-3,8,15H,4-7,9-11,18H2,1H3. The van der Waals surface area contributed by atoms with E-state index < -0.39 is 0 Å². The van der Waals surface area contributed by atoms with Crippen molar-refractivity contribution in [1.82, 2.24) is 4.90 Å². The van der Waals surface area contributed by atoms with Crippen molar-refractivity contribution in [1.29, 1.82) is 0 Å². The van der Waals surface area contributed by atoms with Crippen molar-refractivity contribution in [3.05, 3.63) is 33.8 Å². The van der Waals surface area contributed by atoms with E-state index in [-0.39, 0.29) is 5.54 Å². The summed E-state index contributed by atoms with van der Waals surface area (Å²) in [5.74, 6) is 2.57. The van der Waals surface area contributed by atoms with E-state index >= 15 is 0 Å². The van der Waals surface area contributed by atoms with Crippen molar-refractivity contribution in [2.75, 3.05) is 25.1 Å². The summed E-state index contributed by atoms with van der Waals surface area (Å²) in [7, 11) is 2.30. The highest BCUT2D eigenvalue weighted by Gasteiger charge is 2.40. The van der Waals surface area contributed by atoms with E-state index in [9.17, 15) is 0 Å². The van der Waals surface area contributed by atoms with Gasteiger partial charge < -0.3 is 5.73 Å². The highest BCUT2D eigenvalue weighted by molar-refractivity contribution is 9.10. The summed E-state index contributed by atoms with van der Waals surface area (Å²) in [6, 6.07) is 7.43. The van der Waals surface area contributed by atoms with Crippen LogP contribution in [0, 0.1) is 0 Å². The molecule has 2 N–H and O–H groups in total. The zero-order chi connectivity index (χ0) is 14.2. The lowest BCUT2D eigenvalue weighted by atomic mass is 9.76. The third kappa shape index (κ3) is 2.68. The average molecular weight is 355 g/mol. The largest absolute Gasteiger partial charge is 0.329 e. The van der Waals surface area contributed by atoms with Gasteiger partial charge in [0.25, 0.3) is 0 Å². The molecule has 1 aromatic rings. The van der Waals surface area contributed by atoms with E-state index in [4.69, 9.17) is 5.73 Å². The molecule has 0 saturated carbocycles. The Morgan fingerprint density at radius 2 is 2.30 bits per heavy atom. The Balaban J connectivity index is 1.85. The molecule has 2 atom stereocenters. The van der Waals surface area contributed by atoms with Gasteiger partial charge in [0.2, 0.25) is 0 Å². The molecular weight excluding hydrogens is 332 g/mol. The zero-order valence-corrected chi connectivity index (χ0v) is 14.5. The normalized spacial score (nSPS) is 29.7. The SMILES string of the molecule is CN(C1CCSC1)C1(CN)CCc2cc(Br)ccc2C1. The van der Waals surface area contributed by atoms with Crippen LogP contribution in [0.5, 0.6) is 0 Å². The average Bonchev–Trinajstić information content (AvgIpc) is 3.00. The first kappa shape index (κ1) is 14.9. The molecule has 2 aliphatic rings. The van der Waals surface area contributed by atoms with Crippen molar-refractivity contribution in [2.45, 2.75) is 37.3 Å². The molecule has 0 radical (unpaired) electrons. The number of aryl methyl sites for hydroxylation is 1. The first-order valence-electron chi connectivity index (χ1n) is 7.43. The molecule has 1 saturated heterocycles. The van der Waals surface area contributed by atoms with Gasteiger partial charge in [0.15, 0.2) is 0 Å². The molecular formula is C16H23BrN2S. The van der Waals surface area contributed by atoms with Crippen LogP contribution in [0.15, 0.2) is 22.7 Å². The van der Waals surface area contributed by atoms with Gasteiger partial charge in [-0.25, -0.2) is 0 Å². The predicted molar refractivity (Wildman–Crippen MR) is 91.4 cm³/mol. The minimum Gasteiger partial charge on any atom is -0.329 e. The maximum atomic E-state index is 6.24. The number of nitrogens with two attached hydrogens (primary N) is 1. The van der Waals surface area contributed by atoms with E-state index in [1.165, 1.54) is 39.9 Å². The minimum atomic E-state index is 0.163. The molecule has 4 heteroatoms. The number of rotatable bonds is 3. The van der Waals surface area contributed by atoms with Crippen LogP contribution < -0.4 is 5.73 Å². The summed E-state index contributed by atoms with van der Waals surface area (Å²) < 4.78 is 1.19. The Kier molecular flexibility index (Phi) is 4.46. The van der Waals surface area contributed by atoms with Gasteiger partial charge in [-0.1, -0.05) is 22.0 Å². The molecule has 3 rings (SSSR count). The summed E-state index contributed by atoms with van der Waals surface area (Å²) >= 11 is 5.66. The van der Waals surface area contributed by atoms with Crippen LogP contribution in [0.4, 0.5) is 0 Å². The summed E-state index contributed by atoms with van der Waals surface area (Å²) in [5, 5.41) is 0. The van der Waals surface area contributed by atoms with E-state index in [2.05, 4.69) is 57.8 Å². The maximum Gasteiger partial charge on any atom is 0.0375 e. The maximum absolute atomic E-state index is 6.24. The highest BCUT2D eigenvalue weighted by Crippen LogP contribution is 2.36. The van der Waals surface area contributed by atoms with Crippen molar-refractivity contribution in [3.8, 4) is 0 Å². The number of halogens is 1. The Morgan fingerprint density at radius 1 is 1.45 bits per heavy atom. The second kappa shape index (κ2) is 5.99. The fraction of sp³-hybridized carbons (Fsp3) is 0.625. The first-order valence-corrected chi connectivity index (χ1v) is 9.37. The molecule has 1 aliphatic heterocycles. The van der Waals surface area contributed by atoms with Gasteiger partial charge in [-0.2, -0.15) is 11.8 Å². The number of fused-ring (bicyclic) bond motifs is 1. The number of hydrogen-bond acceptors (Lipinski definition) is 3. The van der Waals surface area contributed by atoms with Gasteiger partial charge in [-0.05, 0) is 61.7 Å². The van der Waals surface area contributed by atoms with Crippen molar-refractivity contribution in [3.63, 3.8) is 0 Å². The molecule has 110 valence electrons. The third-order valence-electron chi connectivity index (χ3n) is 5.13. The van der Waals surface area contributed by atoms with Gasteiger partial charge in [-0.15, -0.1) is 0 Å². The summed E-state index contributed by atoms with van der Waals surface area (Å²) in [4.78, 5) is 2.61. The molecule has 1 fully saturated rings. The monoisotopic (exact) mass is 354 g/mol. The van der Waals surface area contributed by atoms with E-state index in [1.807, 2.05) is 0 Å². The molecule has 2 unspecified atom stereocenters. The molecule has 0 bridgehead atoms. The van der Waals surface area contributed by atoms with Crippen LogP contribution in [0.3, 0.4) is 0 Å². The van der Waals surface area contributed by atoms with Crippen LogP contribution in [0.25, 0.3) is 0 Å². The Bertz CT molecular complexity index is 487. The summed E-state index contributed by atoms with van der Waals surface area (Å²) in [6.45, 7) is 0.764. The molecule has 2 nitrogen and oxygen atoms in total. The minimum absolute atomic E-state index is 0.163. The van der Waals surface area contributed by atoms with Crippen LogP contribution in [-0.4, -0.2) is 41.6 Å². The van der Waals surface area contributed by atoms with Gasteiger partial charge in [-0.3, -0.25) is 4.90 Å². The van der Waals surface area contributed by atoms with Gasteiger partial charge >= 0.3 is 0 Å². The lowest BCUT2D eigenvalue weighted by Gasteiger charge is -2.47. The predicted octanol–water partition coefficient (Wildman–Crippen LogP) is 3.07. The van der Waals surface area contributed by atoms with Gasteiger partial charge in [0, 0.05) is 28.4 Å². The number of likely N-dealkylation sites (N-methyl/N-ethyl adjacent to an activating group) is 1. The lowest BCUT2D eigenvalue weighted by Crippen LogP contribution is -2.58. The van der Waals surface area contributed by atoms with Gasteiger partial charge in [0.05, 0.1) is 0 Å². The van der Waals surface area contributed by atoms with Crippen molar-refractivity contribution >= 4 is 27.7 Å². The smallest absolute Gasteiger partial charge is 0.0375 e. The van der Waals surface area contributed by atoms with Crippen molar-refractivity contribution in [2.24, 2.45) is 5.73 Å². The van der Waals surface area contributed by atoms with E-state index in [1.54, 1.807) is 0 Å². The Morgan fingerprint density at radius 3 is 3.00 bits per heavy atom. The number of hydrogen-bond donors (Lipinski definition) is 1. The molecule has 0 aromatic heterocycles. The summed E-state index contributed by atoms with van der Waals surface area (Å²) in [5.41, 5.74) is 9.39. The Hall–Kier alpha value is -0.0300. The quantitative estimate of drug-likeness (QED) is 0.904. The number of thioether (sulfide) groups is 1. The molecule has 20 heavy (non-hydrogen) atoms. The van der Waals surface area contributed by atoms with Crippen molar-refractivity contribution < 1.29 is 0 Å². The molecule has 1 heterocycles. The van der Waals surface area contributed by atoms with E-state index in [0.29, 0.717) is 6.04 Å². The lowest BCUT2D eigenvalue weighted by molar-refractivity contribution is 0.0735. The fourth-order valence-electron chi connectivity index (χ4n) is 3.64. The topological polar surface area (TPSA) is 29.3 Å². The molecule has 1 aromatic carbocycles. The number of nitrogens with zero attached hydrogens (tertiary/aromatic N) is 1. The second-order valence-corrected chi connectivity index (χ2v) is 8.21. The highest BCUT2D eigenvalue weighted by atomic mass is 79.9. The molecule has 0 spiro atoms. The summed E-state index contributed by atoms with van der Waals surface area (Å²) in [6.07, 6.45) is 4.75. The Labute approximate surface area is 134 Å². The zero-order valence-electron chi connectivity index (χ0n) is 12.1. The third-order valence-corrected chi connectivity index (χ3v) is 6.77. The van der Waals surface area contributed by atoms with Crippen LogP contribution >= 0.6 is 27.7 Å². The molecule has 0 amide bonds. The van der Waals surface area contributed by atoms with Crippen LogP contribution in [-0.2, 0) is 12.8 Å².